The Balaban J connectivity index is 1.65. The zero-order chi connectivity index (χ0) is 16.7. The van der Waals surface area contributed by atoms with Crippen LogP contribution in [-0.4, -0.2) is 51.4 Å². The van der Waals surface area contributed by atoms with E-state index in [4.69, 9.17) is 0 Å². The Hall–Kier alpha value is -1.77. The molecule has 0 amide bonds. The molecule has 128 valence electrons. The molecular weight excluding hydrogens is 326 g/mol. The summed E-state index contributed by atoms with van der Waals surface area (Å²) in [5, 5.41) is 4.56. The lowest BCUT2D eigenvalue weighted by Crippen LogP contribution is -2.47. The molecule has 1 saturated heterocycles. The molecule has 1 aromatic carbocycles. The van der Waals surface area contributed by atoms with E-state index in [-0.39, 0.29) is 6.04 Å². The van der Waals surface area contributed by atoms with Gasteiger partial charge in [0.25, 0.3) is 10.2 Å². The first-order chi connectivity index (χ1) is 11.6. The van der Waals surface area contributed by atoms with E-state index in [9.17, 15) is 8.42 Å². The van der Waals surface area contributed by atoms with Gasteiger partial charge >= 0.3 is 0 Å². The van der Waals surface area contributed by atoms with E-state index in [1.807, 2.05) is 41.9 Å². The van der Waals surface area contributed by atoms with Crippen molar-refractivity contribution in [1.29, 1.82) is 0 Å². The number of hydrogen-bond donors (Lipinski definition) is 0. The summed E-state index contributed by atoms with van der Waals surface area (Å²) in [5.74, 6) is 1.36. The second kappa shape index (κ2) is 5.94. The first-order valence-electron chi connectivity index (χ1n) is 8.34. The van der Waals surface area contributed by atoms with Gasteiger partial charge in [0.2, 0.25) is 0 Å². The fourth-order valence-corrected chi connectivity index (χ4v) is 5.26. The number of benzene rings is 1. The van der Waals surface area contributed by atoms with Gasteiger partial charge < -0.3 is 0 Å². The third-order valence-electron chi connectivity index (χ3n) is 4.76. The van der Waals surface area contributed by atoms with Gasteiger partial charge in [0.05, 0.1) is 12.6 Å². The lowest BCUT2D eigenvalue weighted by molar-refractivity contribution is 0.247. The van der Waals surface area contributed by atoms with Gasteiger partial charge in [-0.25, -0.2) is 9.67 Å². The van der Waals surface area contributed by atoms with Gasteiger partial charge in [-0.1, -0.05) is 30.3 Å². The van der Waals surface area contributed by atoms with Crippen LogP contribution in [-0.2, 0) is 16.8 Å². The summed E-state index contributed by atoms with van der Waals surface area (Å²) in [7, 11) is -3.42. The molecule has 0 saturated carbocycles. The van der Waals surface area contributed by atoms with Crippen LogP contribution < -0.4 is 0 Å². The molecule has 8 heteroatoms. The Morgan fingerprint density at radius 1 is 1.04 bits per heavy atom. The van der Waals surface area contributed by atoms with E-state index in [2.05, 4.69) is 10.1 Å². The molecule has 3 heterocycles. The molecule has 0 bridgehead atoms. The van der Waals surface area contributed by atoms with Gasteiger partial charge in [-0.3, -0.25) is 0 Å². The predicted octanol–water partition coefficient (Wildman–Crippen LogP) is 1.66. The van der Waals surface area contributed by atoms with Crippen LogP contribution in [0.15, 0.2) is 30.3 Å². The maximum Gasteiger partial charge on any atom is 0.282 e. The molecule has 4 rings (SSSR count). The molecule has 1 atom stereocenters. The molecule has 0 radical (unpaired) electrons. The molecule has 0 spiro atoms. The Labute approximate surface area is 142 Å². The number of aromatic nitrogens is 3. The van der Waals surface area contributed by atoms with Crippen LogP contribution in [0.2, 0.25) is 0 Å². The lowest BCUT2D eigenvalue weighted by Gasteiger charge is -2.34. The fourth-order valence-electron chi connectivity index (χ4n) is 3.44. The van der Waals surface area contributed by atoms with E-state index in [0.717, 1.165) is 18.4 Å². The average Bonchev–Trinajstić information content (AvgIpc) is 3.26. The van der Waals surface area contributed by atoms with E-state index >= 15 is 0 Å². The maximum absolute atomic E-state index is 12.9. The number of rotatable bonds is 3. The minimum atomic E-state index is -3.42. The van der Waals surface area contributed by atoms with E-state index in [0.29, 0.717) is 37.8 Å². The van der Waals surface area contributed by atoms with Crippen LogP contribution in [0.3, 0.4) is 0 Å². The summed E-state index contributed by atoms with van der Waals surface area (Å²) in [4.78, 5) is 4.62. The third kappa shape index (κ3) is 2.54. The van der Waals surface area contributed by atoms with E-state index < -0.39 is 10.2 Å². The van der Waals surface area contributed by atoms with Crippen molar-refractivity contribution in [2.45, 2.75) is 32.4 Å². The second-order valence-corrected chi connectivity index (χ2v) is 8.16. The highest BCUT2D eigenvalue weighted by molar-refractivity contribution is 7.86. The highest BCUT2D eigenvalue weighted by Crippen LogP contribution is 2.30. The first kappa shape index (κ1) is 15.7. The average molecular weight is 347 g/mol. The topological polar surface area (TPSA) is 71.3 Å². The molecule has 0 unspecified atom stereocenters. The summed E-state index contributed by atoms with van der Waals surface area (Å²) in [6.45, 7) is 4.10. The fraction of sp³-hybridized carbons (Fsp3) is 0.500. The number of fused-ring (bicyclic) bond motifs is 1. The molecule has 2 aliphatic rings. The van der Waals surface area contributed by atoms with Crippen molar-refractivity contribution in [3.05, 3.63) is 36.2 Å². The van der Waals surface area contributed by atoms with Crippen LogP contribution in [0.4, 0.5) is 0 Å². The minimum absolute atomic E-state index is 0.311. The van der Waals surface area contributed by atoms with Gasteiger partial charge in [0.1, 0.15) is 5.82 Å². The largest absolute Gasteiger partial charge is 0.282 e. The van der Waals surface area contributed by atoms with Gasteiger partial charge in [-0.05, 0) is 19.8 Å². The van der Waals surface area contributed by atoms with Crippen molar-refractivity contribution in [2.75, 3.05) is 19.6 Å². The molecule has 1 fully saturated rings. The molecular formula is C16H21N5O2S. The Morgan fingerprint density at radius 3 is 2.46 bits per heavy atom. The summed E-state index contributed by atoms with van der Waals surface area (Å²) in [6, 6.07) is 9.46. The summed E-state index contributed by atoms with van der Waals surface area (Å²) >= 11 is 0. The maximum atomic E-state index is 12.9. The van der Waals surface area contributed by atoms with Crippen LogP contribution in [0, 0.1) is 0 Å². The van der Waals surface area contributed by atoms with Gasteiger partial charge in [0, 0.05) is 25.2 Å². The SMILES string of the molecule is C[C@H]1c2nc(-c3ccccc3)nn2CCN1S(=O)(=O)N1CCCC1. The monoisotopic (exact) mass is 347 g/mol. The Morgan fingerprint density at radius 2 is 1.75 bits per heavy atom. The molecule has 1 aromatic heterocycles. The molecule has 2 aromatic rings. The van der Waals surface area contributed by atoms with Crippen LogP contribution in [0.25, 0.3) is 11.4 Å². The Bertz CT molecular complexity index is 827. The van der Waals surface area contributed by atoms with Gasteiger partial charge in [-0.2, -0.15) is 22.1 Å². The molecule has 2 aliphatic heterocycles. The van der Waals surface area contributed by atoms with E-state index in [1.165, 1.54) is 0 Å². The second-order valence-electron chi connectivity index (χ2n) is 6.28. The smallest absolute Gasteiger partial charge is 0.246 e. The van der Waals surface area contributed by atoms with Gasteiger partial charge in [-0.15, -0.1) is 0 Å². The molecule has 0 aliphatic carbocycles. The molecule has 0 N–H and O–H groups in total. The van der Waals surface area contributed by atoms with Crippen molar-refractivity contribution in [3.63, 3.8) is 0 Å². The molecule has 24 heavy (non-hydrogen) atoms. The van der Waals surface area contributed by atoms with Crippen LogP contribution >= 0.6 is 0 Å². The van der Waals surface area contributed by atoms with Crippen molar-refractivity contribution in [1.82, 2.24) is 23.4 Å². The lowest BCUT2D eigenvalue weighted by atomic mass is 10.2. The first-order valence-corrected chi connectivity index (χ1v) is 9.74. The summed E-state index contributed by atoms with van der Waals surface area (Å²) < 4.78 is 30.8. The third-order valence-corrected chi connectivity index (χ3v) is 6.87. The normalized spacial score (nSPS) is 22.6. The van der Waals surface area contributed by atoms with Crippen molar-refractivity contribution >= 4 is 10.2 Å². The Kier molecular flexibility index (Phi) is 3.90. The molecule has 7 nitrogen and oxygen atoms in total. The quantitative estimate of drug-likeness (QED) is 0.847. The highest BCUT2D eigenvalue weighted by Gasteiger charge is 2.39. The van der Waals surface area contributed by atoms with Gasteiger partial charge in [0.15, 0.2) is 5.82 Å². The van der Waals surface area contributed by atoms with Crippen LogP contribution in [0.5, 0.6) is 0 Å². The van der Waals surface area contributed by atoms with Crippen LogP contribution in [0.1, 0.15) is 31.6 Å². The zero-order valence-corrected chi connectivity index (χ0v) is 14.5. The highest BCUT2D eigenvalue weighted by atomic mass is 32.2. The predicted molar refractivity (Wildman–Crippen MR) is 90.3 cm³/mol. The minimum Gasteiger partial charge on any atom is -0.246 e. The van der Waals surface area contributed by atoms with Crippen molar-refractivity contribution in [2.24, 2.45) is 0 Å². The zero-order valence-electron chi connectivity index (χ0n) is 13.7. The number of nitrogens with zero attached hydrogens (tertiary/aromatic N) is 5. The summed E-state index contributed by atoms with van der Waals surface area (Å²) in [6.07, 6.45) is 1.88. The van der Waals surface area contributed by atoms with Crippen molar-refractivity contribution < 1.29 is 8.42 Å². The standard InChI is InChI=1S/C16H21N5O2S/c1-13-16-17-15(14-7-3-2-4-8-14)18-20(16)11-12-21(13)24(22,23)19-9-5-6-10-19/h2-4,7-8,13H,5-6,9-12H2,1H3/t13-/m0/s1. The number of hydrogen-bond acceptors (Lipinski definition) is 4. The summed E-state index contributed by atoms with van der Waals surface area (Å²) in [5.41, 5.74) is 0.945. The van der Waals surface area contributed by atoms with Crippen molar-refractivity contribution in [3.8, 4) is 11.4 Å². The van der Waals surface area contributed by atoms with E-state index in [1.54, 1.807) is 8.61 Å².